The summed E-state index contributed by atoms with van der Waals surface area (Å²) in [5.41, 5.74) is 0. The van der Waals surface area contributed by atoms with E-state index in [1.807, 2.05) is 7.85 Å². The molecule has 4 heteroatoms. The zero-order chi connectivity index (χ0) is 7.71. The van der Waals surface area contributed by atoms with E-state index in [9.17, 15) is 8.42 Å². The zero-order valence-electron chi connectivity index (χ0n) is 6.43. The van der Waals surface area contributed by atoms with Gasteiger partial charge in [0, 0.05) is 6.26 Å². The van der Waals surface area contributed by atoms with Gasteiger partial charge in [-0.25, -0.2) is 8.42 Å². The van der Waals surface area contributed by atoms with Gasteiger partial charge in [-0.05, 0) is 13.8 Å². The molecule has 0 spiro atoms. The van der Waals surface area contributed by atoms with Crippen molar-refractivity contribution < 1.29 is 8.42 Å². The molecule has 2 nitrogen and oxygen atoms in total. The molecule has 0 radical (unpaired) electrons. The molecular formula is C5H13BO2S. The minimum Gasteiger partial charge on any atom is -0.229 e. The van der Waals surface area contributed by atoms with Gasteiger partial charge in [0.05, 0.1) is 4.75 Å². The smallest absolute Gasteiger partial charge is 0.151 e. The van der Waals surface area contributed by atoms with Crippen molar-refractivity contribution in [2.75, 3.05) is 6.26 Å². The van der Waals surface area contributed by atoms with E-state index in [0.29, 0.717) is 6.32 Å². The molecule has 0 atom stereocenters. The average Bonchev–Trinajstić information content (AvgIpc) is 1.64. The van der Waals surface area contributed by atoms with Gasteiger partial charge in [-0.2, -0.15) is 0 Å². The highest BCUT2D eigenvalue weighted by Gasteiger charge is 2.26. The van der Waals surface area contributed by atoms with E-state index in [0.717, 1.165) is 0 Å². The SMILES string of the molecule is BCC(C)(C)S(C)(=O)=O. The van der Waals surface area contributed by atoms with E-state index >= 15 is 0 Å². The van der Waals surface area contributed by atoms with Crippen LogP contribution < -0.4 is 0 Å². The van der Waals surface area contributed by atoms with Crippen molar-refractivity contribution in [2.24, 2.45) is 0 Å². The average molecular weight is 148 g/mol. The summed E-state index contributed by atoms with van der Waals surface area (Å²) in [5, 5.41) is 0. The highest BCUT2D eigenvalue weighted by atomic mass is 32.2. The van der Waals surface area contributed by atoms with Gasteiger partial charge in [0.1, 0.15) is 7.85 Å². The van der Waals surface area contributed by atoms with Crippen LogP contribution in [-0.4, -0.2) is 27.3 Å². The third-order valence-corrected chi connectivity index (χ3v) is 4.15. The number of hydrogen-bond donors (Lipinski definition) is 0. The molecule has 0 bridgehead atoms. The van der Waals surface area contributed by atoms with E-state index in [2.05, 4.69) is 0 Å². The summed E-state index contributed by atoms with van der Waals surface area (Å²) in [5.74, 6) is 0. The Hall–Kier alpha value is 0.0149. The fourth-order valence-corrected chi connectivity index (χ4v) is 0.787. The van der Waals surface area contributed by atoms with Gasteiger partial charge in [0.25, 0.3) is 0 Å². The minimum absolute atomic E-state index is 0.549. The third kappa shape index (κ3) is 2.01. The Morgan fingerprint density at radius 2 is 1.78 bits per heavy atom. The van der Waals surface area contributed by atoms with Crippen LogP contribution in [-0.2, 0) is 9.84 Å². The van der Waals surface area contributed by atoms with Crippen LogP contribution in [0.3, 0.4) is 0 Å². The Bertz CT molecular complexity index is 181. The molecule has 0 saturated heterocycles. The van der Waals surface area contributed by atoms with Crippen LogP contribution in [0.2, 0.25) is 6.32 Å². The monoisotopic (exact) mass is 148 g/mol. The molecule has 0 fully saturated rings. The highest BCUT2D eigenvalue weighted by molar-refractivity contribution is 7.92. The van der Waals surface area contributed by atoms with Crippen LogP contribution in [0.25, 0.3) is 0 Å². The standard InChI is InChI=1S/C5H13BO2S/c1-5(2,4-6)9(3,7)8/h4,6H2,1-3H3. The molecule has 0 aromatic carbocycles. The molecule has 0 aliphatic rings. The van der Waals surface area contributed by atoms with Gasteiger partial charge in [0.15, 0.2) is 9.84 Å². The summed E-state index contributed by atoms with van der Waals surface area (Å²) in [7, 11) is -0.976. The van der Waals surface area contributed by atoms with Crippen LogP contribution in [0.15, 0.2) is 0 Å². The fourth-order valence-electron chi connectivity index (χ4n) is 0.262. The maximum absolute atomic E-state index is 10.9. The van der Waals surface area contributed by atoms with Gasteiger partial charge in [-0.3, -0.25) is 0 Å². The van der Waals surface area contributed by atoms with E-state index in [1.54, 1.807) is 13.8 Å². The number of sulfone groups is 1. The molecule has 0 aromatic rings. The van der Waals surface area contributed by atoms with Crippen LogP contribution in [0.4, 0.5) is 0 Å². The fraction of sp³-hybridized carbons (Fsp3) is 1.00. The Morgan fingerprint density at radius 1 is 1.44 bits per heavy atom. The largest absolute Gasteiger partial charge is 0.229 e. The quantitative estimate of drug-likeness (QED) is 0.511. The molecule has 0 aliphatic carbocycles. The lowest BCUT2D eigenvalue weighted by atomic mass is 9.94. The molecule has 0 N–H and O–H groups in total. The van der Waals surface area contributed by atoms with Crippen molar-refractivity contribution in [1.29, 1.82) is 0 Å². The maximum Gasteiger partial charge on any atom is 0.151 e. The Balaban J connectivity index is 4.56. The molecule has 9 heavy (non-hydrogen) atoms. The molecule has 0 heterocycles. The van der Waals surface area contributed by atoms with Crippen molar-refractivity contribution in [3.63, 3.8) is 0 Å². The predicted molar refractivity (Wildman–Crippen MR) is 42.3 cm³/mol. The van der Waals surface area contributed by atoms with Gasteiger partial charge >= 0.3 is 0 Å². The Labute approximate surface area is 58.0 Å². The number of rotatable bonds is 2. The highest BCUT2D eigenvalue weighted by Crippen LogP contribution is 2.17. The predicted octanol–water partition coefficient (Wildman–Crippen LogP) is -0.139. The van der Waals surface area contributed by atoms with Gasteiger partial charge in [0.2, 0.25) is 0 Å². The van der Waals surface area contributed by atoms with Crippen molar-refractivity contribution in [3.8, 4) is 0 Å². The summed E-state index contributed by atoms with van der Waals surface area (Å²) in [6.07, 6.45) is 1.95. The van der Waals surface area contributed by atoms with Crippen molar-refractivity contribution in [3.05, 3.63) is 0 Å². The summed E-state index contributed by atoms with van der Waals surface area (Å²) < 4.78 is 21.2. The third-order valence-electron chi connectivity index (χ3n) is 1.86. The first-order chi connectivity index (χ1) is 3.81. The zero-order valence-corrected chi connectivity index (χ0v) is 7.25. The molecular weight excluding hydrogens is 135 g/mol. The van der Waals surface area contributed by atoms with Crippen molar-refractivity contribution in [1.82, 2.24) is 0 Å². The number of hydrogen-bond acceptors (Lipinski definition) is 2. The second-order valence-electron chi connectivity index (χ2n) is 2.89. The maximum atomic E-state index is 10.9. The molecule has 0 aromatic heterocycles. The van der Waals surface area contributed by atoms with Crippen LogP contribution in [0, 0.1) is 0 Å². The lowest BCUT2D eigenvalue weighted by Crippen LogP contribution is -2.29. The molecule has 0 rings (SSSR count). The van der Waals surface area contributed by atoms with E-state index in [4.69, 9.17) is 0 Å². The normalized spacial score (nSPS) is 13.7. The second-order valence-corrected chi connectivity index (χ2v) is 5.53. The van der Waals surface area contributed by atoms with Crippen LogP contribution in [0.5, 0.6) is 0 Å². The lowest BCUT2D eigenvalue weighted by Gasteiger charge is -2.19. The summed E-state index contributed by atoms with van der Waals surface area (Å²) in [6, 6.07) is 0. The van der Waals surface area contributed by atoms with E-state index < -0.39 is 14.6 Å². The van der Waals surface area contributed by atoms with E-state index in [1.165, 1.54) is 6.26 Å². The van der Waals surface area contributed by atoms with Crippen LogP contribution >= 0.6 is 0 Å². The molecule has 0 aliphatic heterocycles. The molecule has 0 unspecified atom stereocenters. The van der Waals surface area contributed by atoms with Crippen molar-refractivity contribution >= 4 is 17.7 Å². The second kappa shape index (κ2) is 2.33. The first kappa shape index (κ1) is 9.01. The van der Waals surface area contributed by atoms with Gasteiger partial charge in [-0.15, -0.1) is 0 Å². The first-order valence-corrected chi connectivity index (χ1v) is 4.90. The summed E-state index contributed by atoms with van der Waals surface area (Å²) in [6.45, 7) is 3.48. The molecule has 0 amide bonds. The first-order valence-electron chi connectivity index (χ1n) is 3.01. The van der Waals surface area contributed by atoms with Gasteiger partial charge in [-0.1, -0.05) is 6.32 Å². The molecule has 54 valence electrons. The minimum atomic E-state index is -2.85. The Kier molecular flexibility index (Phi) is 2.33. The molecule has 0 saturated carbocycles. The van der Waals surface area contributed by atoms with E-state index in [-0.39, 0.29) is 0 Å². The van der Waals surface area contributed by atoms with Crippen molar-refractivity contribution in [2.45, 2.75) is 24.9 Å². The Morgan fingerprint density at radius 3 is 1.78 bits per heavy atom. The lowest BCUT2D eigenvalue weighted by molar-refractivity contribution is 0.566. The summed E-state index contributed by atoms with van der Waals surface area (Å²) >= 11 is 0. The van der Waals surface area contributed by atoms with Gasteiger partial charge < -0.3 is 0 Å². The van der Waals surface area contributed by atoms with Crippen LogP contribution in [0.1, 0.15) is 13.8 Å². The summed E-state index contributed by atoms with van der Waals surface area (Å²) in [4.78, 5) is 0. The topological polar surface area (TPSA) is 34.1 Å².